The first-order valence-electron chi connectivity index (χ1n) is 11.8. The maximum absolute atomic E-state index is 14.0. The molecule has 0 radical (unpaired) electrons. The number of esters is 1. The van der Waals surface area contributed by atoms with Gasteiger partial charge in [-0.25, -0.2) is 0 Å². The van der Waals surface area contributed by atoms with Crippen molar-refractivity contribution in [1.82, 2.24) is 9.69 Å². The molecule has 0 saturated carbocycles. The summed E-state index contributed by atoms with van der Waals surface area (Å²) >= 11 is 0.682. The molecular formula is C26H29N5O6S. The van der Waals surface area contributed by atoms with Gasteiger partial charge in [0.05, 0.1) is 12.3 Å². The highest BCUT2D eigenvalue weighted by Gasteiger charge is 2.36. The summed E-state index contributed by atoms with van der Waals surface area (Å²) in [6, 6.07) is 11.4. The summed E-state index contributed by atoms with van der Waals surface area (Å²) in [4.78, 5) is 52.3. The van der Waals surface area contributed by atoms with Crippen LogP contribution in [0.4, 0.5) is 11.4 Å². The number of benzene rings is 2. The van der Waals surface area contributed by atoms with Crippen molar-refractivity contribution >= 4 is 46.6 Å². The van der Waals surface area contributed by atoms with Gasteiger partial charge in [-0.3, -0.25) is 24.1 Å². The van der Waals surface area contributed by atoms with E-state index in [1.54, 1.807) is 19.1 Å². The fourth-order valence-electron chi connectivity index (χ4n) is 3.68. The second kappa shape index (κ2) is 12.2. The van der Waals surface area contributed by atoms with Crippen LogP contribution in [0.15, 0.2) is 48.5 Å². The predicted octanol–water partition coefficient (Wildman–Crippen LogP) is 2.72. The average molecular weight is 540 g/mol. The summed E-state index contributed by atoms with van der Waals surface area (Å²) in [5.41, 5.74) is 12.6. The van der Waals surface area contributed by atoms with E-state index in [1.807, 2.05) is 26.0 Å². The van der Waals surface area contributed by atoms with Crippen molar-refractivity contribution in [2.45, 2.75) is 32.7 Å². The van der Waals surface area contributed by atoms with Crippen molar-refractivity contribution in [2.75, 3.05) is 23.8 Å². The van der Waals surface area contributed by atoms with Crippen LogP contribution in [-0.2, 0) is 14.3 Å². The fraction of sp³-hybridized carbons (Fsp3) is 0.269. The van der Waals surface area contributed by atoms with E-state index in [2.05, 4.69) is 9.69 Å². The Morgan fingerprint density at radius 2 is 1.66 bits per heavy atom. The highest BCUT2D eigenvalue weighted by molar-refractivity contribution is 7.09. The van der Waals surface area contributed by atoms with Gasteiger partial charge >= 0.3 is 5.97 Å². The molecule has 6 N–H and O–H groups in total. The first-order valence-corrected chi connectivity index (χ1v) is 12.5. The monoisotopic (exact) mass is 539 g/mol. The van der Waals surface area contributed by atoms with Gasteiger partial charge in [0.25, 0.3) is 11.8 Å². The van der Waals surface area contributed by atoms with E-state index < -0.39 is 36.3 Å². The summed E-state index contributed by atoms with van der Waals surface area (Å²) in [5.74, 6) is -2.78. The molecule has 0 spiro atoms. The Morgan fingerprint density at radius 1 is 1.05 bits per heavy atom. The quantitative estimate of drug-likeness (QED) is 0.284. The van der Waals surface area contributed by atoms with Crippen LogP contribution < -0.4 is 21.7 Å². The van der Waals surface area contributed by atoms with Gasteiger partial charge in [0.2, 0.25) is 5.91 Å². The highest BCUT2D eigenvalue weighted by Crippen LogP contribution is 2.34. The largest absolute Gasteiger partial charge is 0.508 e. The molecule has 3 rings (SSSR count). The topological polar surface area (TPSA) is 178 Å². The van der Waals surface area contributed by atoms with Gasteiger partial charge in [0, 0.05) is 5.69 Å². The molecule has 0 aliphatic carbocycles. The number of anilines is 2. The van der Waals surface area contributed by atoms with Crippen LogP contribution in [0.2, 0.25) is 0 Å². The van der Waals surface area contributed by atoms with Gasteiger partial charge in [-0.15, -0.1) is 0 Å². The fourth-order valence-corrected chi connectivity index (χ4v) is 4.43. The number of nitrogen functional groups attached to an aromatic ring is 1. The second-order valence-electron chi connectivity index (χ2n) is 8.58. The van der Waals surface area contributed by atoms with Gasteiger partial charge in [-0.1, -0.05) is 38.1 Å². The lowest BCUT2D eigenvalue weighted by molar-refractivity contribution is -0.143. The minimum Gasteiger partial charge on any atom is -0.508 e. The predicted molar refractivity (Wildman–Crippen MR) is 143 cm³/mol. The Labute approximate surface area is 223 Å². The lowest BCUT2D eigenvalue weighted by Gasteiger charge is -2.31. The number of nitrogens with zero attached hydrogens (tertiary/aromatic N) is 2. The van der Waals surface area contributed by atoms with E-state index in [1.165, 1.54) is 29.2 Å². The van der Waals surface area contributed by atoms with Crippen LogP contribution in [0.25, 0.3) is 0 Å². The Hall–Kier alpha value is -4.45. The lowest BCUT2D eigenvalue weighted by Crippen LogP contribution is -2.45. The van der Waals surface area contributed by atoms with Crippen LogP contribution in [0.3, 0.4) is 0 Å². The number of amides is 3. The van der Waals surface area contributed by atoms with Crippen molar-refractivity contribution in [1.29, 1.82) is 0 Å². The van der Waals surface area contributed by atoms with Gasteiger partial charge in [0.15, 0.2) is 5.69 Å². The zero-order valence-electron chi connectivity index (χ0n) is 21.1. The van der Waals surface area contributed by atoms with E-state index in [-0.39, 0.29) is 34.5 Å². The Kier molecular flexibility index (Phi) is 9.02. The number of phenols is 1. The number of hydrogen-bond donors (Lipinski definition) is 4. The van der Waals surface area contributed by atoms with Crippen LogP contribution >= 0.6 is 11.5 Å². The molecule has 1 heterocycles. The molecule has 0 fully saturated rings. The molecule has 11 nitrogen and oxygen atoms in total. The molecule has 38 heavy (non-hydrogen) atoms. The Balaban J connectivity index is 2.16. The number of ether oxygens (including phenoxy) is 1. The van der Waals surface area contributed by atoms with E-state index >= 15 is 0 Å². The molecule has 0 bridgehead atoms. The third kappa shape index (κ3) is 6.27. The van der Waals surface area contributed by atoms with Gasteiger partial charge in [-0.2, -0.15) is 4.37 Å². The van der Waals surface area contributed by atoms with E-state index in [0.29, 0.717) is 22.8 Å². The smallest absolute Gasteiger partial charge is 0.325 e. The van der Waals surface area contributed by atoms with Gasteiger partial charge in [0.1, 0.15) is 23.2 Å². The number of hydrogen-bond acceptors (Lipinski definition) is 9. The zero-order chi connectivity index (χ0) is 28.0. The van der Waals surface area contributed by atoms with Crippen molar-refractivity contribution < 1.29 is 29.0 Å². The highest BCUT2D eigenvalue weighted by atomic mass is 32.1. The summed E-state index contributed by atoms with van der Waals surface area (Å²) < 4.78 is 8.82. The van der Waals surface area contributed by atoms with Crippen molar-refractivity contribution in [2.24, 2.45) is 5.73 Å². The second-order valence-corrected chi connectivity index (χ2v) is 9.35. The molecule has 0 aliphatic heterocycles. The number of carbonyl (C=O) groups is 4. The number of aromatic nitrogens is 1. The number of phenolic OH excluding ortho intramolecular Hbond substituents is 1. The SMILES string of the molecule is CCOC(=O)CNC(=O)C(c1ccc(O)cc1)N(C(=O)c1snc(C(N)=O)c1N)c1ccc(C(C)C)cc1. The van der Waals surface area contributed by atoms with Crippen LogP contribution in [-0.4, -0.2) is 46.3 Å². The summed E-state index contributed by atoms with van der Waals surface area (Å²) in [6.45, 7) is 5.38. The number of primary amides is 1. The molecule has 3 amide bonds. The molecule has 12 heteroatoms. The minimum atomic E-state index is -1.30. The maximum Gasteiger partial charge on any atom is 0.325 e. The number of rotatable bonds is 10. The molecule has 0 aliphatic rings. The third-order valence-electron chi connectivity index (χ3n) is 5.64. The van der Waals surface area contributed by atoms with Gasteiger partial charge < -0.3 is 26.6 Å². The molecule has 0 saturated heterocycles. The molecule has 2 aromatic carbocycles. The lowest BCUT2D eigenvalue weighted by atomic mass is 10.00. The van der Waals surface area contributed by atoms with Crippen LogP contribution in [0, 0.1) is 0 Å². The van der Waals surface area contributed by atoms with Gasteiger partial charge in [-0.05, 0) is 59.8 Å². The minimum absolute atomic E-state index is 0.0450. The molecule has 200 valence electrons. The first-order chi connectivity index (χ1) is 18.0. The number of aromatic hydroxyl groups is 1. The first kappa shape index (κ1) is 28.1. The standard InChI is InChI=1S/C26H29N5O6S/c1-4-37-19(33)13-29-25(35)22(16-7-11-18(32)12-8-16)31(17-9-5-15(6-10-17)14(2)3)26(36)23-20(27)21(24(28)34)30-38-23/h5-12,14,22,32H,4,13,27H2,1-3H3,(H2,28,34)(H,29,35). The number of carbonyl (C=O) groups excluding carboxylic acids is 4. The van der Waals surface area contributed by atoms with Crippen molar-refractivity contribution in [3.63, 3.8) is 0 Å². The van der Waals surface area contributed by atoms with Crippen molar-refractivity contribution in [3.05, 3.63) is 70.2 Å². The Morgan fingerprint density at radius 3 is 2.18 bits per heavy atom. The normalized spacial score (nSPS) is 11.6. The molecule has 1 unspecified atom stereocenters. The summed E-state index contributed by atoms with van der Waals surface area (Å²) in [7, 11) is 0. The van der Waals surface area contributed by atoms with E-state index in [0.717, 1.165) is 5.56 Å². The summed E-state index contributed by atoms with van der Waals surface area (Å²) in [5, 5.41) is 12.3. The number of nitrogens with one attached hydrogen (secondary N) is 1. The van der Waals surface area contributed by atoms with Crippen LogP contribution in [0.1, 0.15) is 64.0 Å². The summed E-state index contributed by atoms with van der Waals surface area (Å²) in [6.07, 6.45) is 0. The molecule has 1 aromatic heterocycles. The molecule has 1 atom stereocenters. The Bertz CT molecular complexity index is 1320. The maximum atomic E-state index is 14.0. The van der Waals surface area contributed by atoms with Crippen LogP contribution in [0.5, 0.6) is 5.75 Å². The third-order valence-corrected chi connectivity index (χ3v) is 6.49. The van der Waals surface area contributed by atoms with E-state index in [9.17, 15) is 24.3 Å². The zero-order valence-corrected chi connectivity index (χ0v) is 22.0. The van der Waals surface area contributed by atoms with Crippen molar-refractivity contribution in [3.8, 4) is 5.75 Å². The molecular weight excluding hydrogens is 510 g/mol. The average Bonchev–Trinajstić information content (AvgIpc) is 3.28. The van der Waals surface area contributed by atoms with E-state index in [4.69, 9.17) is 16.2 Å². The molecule has 3 aromatic rings. The number of nitrogens with two attached hydrogens (primary N) is 2.